The summed E-state index contributed by atoms with van der Waals surface area (Å²) in [5, 5.41) is 5.99. The van der Waals surface area contributed by atoms with Gasteiger partial charge < -0.3 is 20.3 Å². The number of amides is 3. The molecule has 1 aromatic heterocycles. The molecule has 0 atom stereocenters. The number of likely N-dealkylation sites (tertiary alicyclic amines) is 1. The zero-order valence-corrected chi connectivity index (χ0v) is 20.9. The van der Waals surface area contributed by atoms with Gasteiger partial charge in [0, 0.05) is 26.2 Å². The number of allylic oxidation sites excluding steroid dienone is 1. The number of para-hydroxylation sites is 1. The second-order valence-corrected chi connectivity index (χ2v) is 9.87. The molecule has 2 N–H and O–H groups in total. The monoisotopic (exact) mass is 496 g/mol. The van der Waals surface area contributed by atoms with Gasteiger partial charge in [-0.25, -0.2) is 4.98 Å². The van der Waals surface area contributed by atoms with Crippen LogP contribution in [0, 0.1) is 12.3 Å². The van der Waals surface area contributed by atoms with Crippen molar-refractivity contribution in [1.29, 1.82) is 0 Å². The summed E-state index contributed by atoms with van der Waals surface area (Å²) in [5.41, 5.74) is 2.41. The minimum Gasteiger partial charge on any atom is -0.492 e. The Kier molecular flexibility index (Phi) is 8.17. The fourth-order valence-electron chi connectivity index (χ4n) is 4.53. The van der Waals surface area contributed by atoms with Gasteiger partial charge in [-0.15, -0.1) is 11.3 Å². The molecule has 9 heteroatoms. The lowest BCUT2D eigenvalue weighted by Gasteiger charge is -2.40. The number of carbonyl (C=O) groups is 3. The van der Waals surface area contributed by atoms with Gasteiger partial charge in [-0.3, -0.25) is 14.4 Å². The lowest BCUT2D eigenvalue weighted by molar-refractivity contribution is -0.133. The van der Waals surface area contributed by atoms with Gasteiger partial charge in [0.25, 0.3) is 11.8 Å². The summed E-state index contributed by atoms with van der Waals surface area (Å²) < 4.78 is 5.86. The number of hydrogen-bond donors (Lipinski definition) is 2. The van der Waals surface area contributed by atoms with E-state index >= 15 is 0 Å². The van der Waals surface area contributed by atoms with Crippen LogP contribution in [0.2, 0.25) is 0 Å². The van der Waals surface area contributed by atoms with Gasteiger partial charge in [0.1, 0.15) is 10.6 Å². The van der Waals surface area contributed by atoms with Gasteiger partial charge in [-0.2, -0.15) is 0 Å². The molecule has 0 bridgehead atoms. The number of benzene rings is 1. The maximum Gasteiger partial charge on any atom is 0.265 e. The predicted molar refractivity (Wildman–Crippen MR) is 135 cm³/mol. The first-order chi connectivity index (χ1) is 17.0. The molecule has 0 unspecified atom stereocenters. The number of aryl methyl sites for hydroxylation is 1. The lowest BCUT2D eigenvalue weighted by atomic mass is 9.74. The third kappa shape index (κ3) is 5.90. The van der Waals surface area contributed by atoms with Crippen LogP contribution in [0.3, 0.4) is 0 Å². The maximum atomic E-state index is 13.3. The van der Waals surface area contributed by atoms with Crippen molar-refractivity contribution in [3.8, 4) is 5.75 Å². The summed E-state index contributed by atoms with van der Waals surface area (Å²) in [5.74, 6) is 0.406. The molecular formula is C26H32N4O4S. The molecule has 0 aliphatic carbocycles. The molecule has 1 fully saturated rings. The standard InChI is InChI=1S/C26H32N4O4S/c1-19-22(35-18-29-19)24(32)30-15-11-26(12-16-30)10-5-2-6-17-34-21-9-4-3-8-20(21)23(31)27-13-7-14-28-25(26)33/h2-5,8-9,18H,6-7,10-17H2,1H3,(H,27,31)(H,28,33). The summed E-state index contributed by atoms with van der Waals surface area (Å²) in [6.07, 6.45) is 7.21. The van der Waals surface area contributed by atoms with E-state index < -0.39 is 5.41 Å². The topological polar surface area (TPSA) is 101 Å². The zero-order chi connectivity index (χ0) is 24.7. The molecule has 4 rings (SSSR count). The minimum absolute atomic E-state index is 0.00261. The van der Waals surface area contributed by atoms with Crippen LogP contribution in [0.4, 0.5) is 0 Å². The Hall–Kier alpha value is -3.20. The molecule has 1 saturated heterocycles. The number of carbonyl (C=O) groups excluding carboxylic acids is 3. The van der Waals surface area contributed by atoms with Gasteiger partial charge in [0.05, 0.1) is 28.8 Å². The largest absolute Gasteiger partial charge is 0.492 e. The van der Waals surface area contributed by atoms with E-state index in [2.05, 4.69) is 21.7 Å². The van der Waals surface area contributed by atoms with Crippen molar-refractivity contribution in [2.24, 2.45) is 5.41 Å². The van der Waals surface area contributed by atoms with E-state index in [0.717, 1.165) is 5.69 Å². The Morgan fingerprint density at radius 3 is 2.66 bits per heavy atom. The van der Waals surface area contributed by atoms with Gasteiger partial charge >= 0.3 is 0 Å². The highest BCUT2D eigenvalue weighted by Crippen LogP contribution is 2.37. The molecule has 186 valence electrons. The first-order valence-electron chi connectivity index (χ1n) is 12.1. The Morgan fingerprint density at radius 2 is 1.89 bits per heavy atom. The molecule has 35 heavy (non-hydrogen) atoms. The van der Waals surface area contributed by atoms with Crippen LogP contribution < -0.4 is 15.4 Å². The summed E-state index contributed by atoms with van der Waals surface area (Å²) in [6.45, 7) is 4.29. The van der Waals surface area contributed by atoms with E-state index in [9.17, 15) is 14.4 Å². The number of hydrogen-bond acceptors (Lipinski definition) is 6. The fourth-order valence-corrected chi connectivity index (χ4v) is 5.30. The number of fused-ring (bicyclic) bond motifs is 1. The van der Waals surface area contributed by atoms with Gasteiger partial charge in [0.2, 0.25) is 5.91 Å². The lowest BCUT2D eigenvalue weighted by Crippen LogP contribution is -2.50. The number of aromatic nitrogens is 1. The van der Waals surface area contributed by atoms with Crippen molar-refractivity contribution in [3.05, 3.63) is 58.1 Å². The predicted octanol–water partition coefficient (Wildman–Crippen LogP) is 3.34. The van der Waals surface area contributed by atoms with Crippen LogP contribution in [0.1, 0.15) is 57.8 Å². The van der Waals surface area contributed by atoms with E-state index in [0.29, 0.717) is 81.1 Å². The number of thiazole rings is 1. The Morgan fingerprint density at radius 1 is 1.11 bits per heavy atom. The summed E-state index contributed by atoms with van der Waals surface area (Å²) >= 11 is 1.36. The van der Waals surface area contributed by atoms with Crippen molar-refractivity contribution in [3.63, 3.8) is 0 Å². The quantitative estimate of drug-likeness (QED) is 0.590. The minimum atomic E-state index is -0.552. The summed E-state index contributed by atoms with van der Waals surface area (Å²) in [4.78, 5) is 45.5. The molecule has 2 aliphatic rings. The van der Waals surface area contributed by atoms with Crippen LogP contribution in [0.25, 0.3) is 0 Å². The van der Waals surface area contributed by atoms with E-state index in [1.165, 1.54) is 11.3 Å². The van der Waals surface area contributed by atoms with Crippen LogP contribution in [-0.4, -0.2) is 60.4 Å². The van der Waals surface area contributed by atoms with E-state index in [1.807, 2.05) is 30.0 Å². The van der Waals surface area contributed by atoms with Crippen LogP contribution in [0.5, 0.6) is 5.75 Å². The molecule has 2 aliphatic heterocycles. The highest BCUT2D eigenvalue weighted by molar-refractivity contribution is 7.11. The Balaban J connectivity index is 1.43. The highest BCUT2D eigenvalue weighted by atomic mass is 32.1. The Labute approximate surface area is 209 Å². The number of nitrogens with zero attached hydrogens (tertiary/aromatic N) is 2. The zero-order valence-electron chi connectivity index (χ0n) is 20.0. The van der Waals surface area contributed by atoms with Crippen molar-refractivity contribution in [1.82, 2.24) is 20.5 Å². The summed E-state index contributed by atoms with van der Waals surface area (Å²) in [6, 6.07) is 7.23. The molecule has 1 spiro atoms. The van der Waals surface area contributed by atoms with E-state index in [-0.39, 0.29) is 17.7 Å². The van der Waals surface area contributed by atoms with E-state index in [4.69, 9.17) is 4.74 Å². The van der Waals surface area contributed by atoms with Crippen molar-refractivity contribution < 1.29 is 19.1 Å². The van der Waals surface area contributed by atoms with Crippen LogP contribution in [0.15, 0.2) is 41.9 Å². The van der Waals surface area contributed by atoms with Crippen LogP contribution in [-0.2, 0) is 4.79 Å². The smallest absolute Gasteiger partial charge is 0.265 e. The first kappa shape index (κ1) is 24.9. The second kappa shape index (κ2) is 11.5. The number of piperidine rings is 1. The average Bonchev–Trinajstić information content (AvgIpc) is 3.31. The fraction of sp³-hybridized carbons (Fsp3) is 0.462. The summed E-state index contributed by atoms with van der Waals surface area (Å²) in [7, 11) is 0. The first-order valence-corrected chi connectivity index (χ1v) is 13.0. The molecule has 2 aromatic rings. The van der Waals surface area contributed by atoms with Crippen molar-refractivity contribution in [2.45, 2.75) is 39.0 Å². The van der Waals surface area contributed by atoms with E-state index in [1.54, 1.807) is 17.6 Å². The molecule has 3 amide bonds. The number of nitrogens with one attached hydrogen (secondary N) is 2. The molecule has 8 nitrogen and oxygen atoms in total. The van der Waals surface area contributed by atoms with Crippen molar-refractivity contribution in [2.75, 3.05) is 32.8 Å². The van der Waals surface area contributed by atoms with Crippen molar-refractivity contribution >= 4 is 29.1 Å². The molecular weight excluding hydrogens is 464 g/mol. The molecule has 0 saturated carbocycles. The average molecular weight is 497 g/mol. The SMILES string of the molecule is Cc1ncsc1C(=O)N1CCC2(CC=CCCOc3ccccc3C(=O)NCCCNC2=O)CC1. The molecule has 1 aromatic carbocycles. The van der Waals surface area contributed by atoms with Crippen LogP contribution >= 0.6 is 11.3 Å². The maximum absolute atomic E-state index is 13.3. The van der Waals surface area contributed by atoms with Gasteiger partial charge in [0.15, 0.2) is 0 Å². The molecule has 0 radical (unpaired) electrons. The third-order valence-corrected chi connectivity index (χ3v) is 7.62. The van der Waals surface area contributed by atoms with Gasteiger partial charge in [-0.05, 0) is 51.2 Å². The highest BCUT2D eigenvalue weighted by Gasteiger charge is 2.41. The Bertz CT molecular complexity index is 1090. The number of ether oxygens (including phenoxy) is 1. The number of rotatable bonds is 1. The second-order valence-electron chi connectivity index (χ2n) is 9.01. The normalized spacial score (nSPS) is 19.4. The van der Waals surface area contributed by atoms with Gasteiger partial charge in [-0.1, -0.05) is 24.3 Å². The third-order valence-electron chi connectivity index (χ3n) is 6.70. The molecule has 3 heterocycles.